The Bertz CT molecular complexity index is 1040. The van der Waals surface area contributed by atoms with Gasteiger partial charge in [-0.15, -0.1) is 0 Å². The van der Waals surface area contributed by atoms with Crippen molar-refractivity contribution in [2.75, 3.05) is 38.5 Å². The molecule has 0 atom stereocenters. The molecule has 0 aromatic carbocycles. The third-order valence-corrected chi connectivity index (χ3v) is 8.58. The van der Waals surface area contributed by atoms with Crippen molar-refractivity contribution in [2.45, 2.75) is 37.5 Å². The van der Waals surface area contributed by atoms with Crippen molar-refractivity contribution in [1.29, 1.82) is 0 Å². The maximum Gasteiger partial charge on any atom is 0.267 e. The summed E-state index contributed by atoms with van der Waals surface area (Å²) in [5.74, 6) is 2.22. The monoisotopic (exact) mass is 439 g/mol. The van der Waals surface area contributed by atoms with Crippen LogP contribution >= 0.6 is 11.8 Å². The third kappa shape index (κ3) is 4.14. The molecule has 0 unspecified atom stereocenters. The minimum absolute atomic E-state index is 0.0640. The summed E-state index contributed by atoms with van der Waals surface area (Å²) >= 11 is 1.83. The van der Waals surface area contributed by atoms with Gasteiger partial charge in [0.2, 0.25) is 10.0 Å². The molecule has 11 heteroatoms. The highest BCUT2D eigenvalue weighted by Crippen LogP contribution is 2.24. The minimum Gasteiger partial charge on any atom is -0.360 e. The maximum atomic E-state index is 12.9. The first-order valence-electron chi connectivity index (χ1n) is 9.69. The summed E-state index contributed by atoms with van der Waals surface area (Å²) in [5, 5.41) is 8.31. The van der Waals surface area contributed by atoms with Crippen LogP contribution in [0.25, 0.3) is 0 Å². The Morgan fingerprint density at radius 2 is 1.93 bits per heavy atom. The molecular weight excluding hydrogens is 414 g/mol. The number of rotatable bonds is 5. The molecule has 0 saturated carbocycles. The Morgan fingerprint density at radius 3 is 2.62 bits per heavy atom. The van der Waals surface area contributed by atoms with E-state index in [0.29, 0.717) is 50.7 Å². The van der Waals surface area contributed by atoms with E-state index in [-0.39, 0.29) is 10.5 Å². The largest absolute Gasteiger partial charge is 0.360 e. The number of hydrogen-bond donors (Lipinski definition) is 0. The first kappa shape index (κ1) is 20.6. The van der Waals surface area contributed by atoms with Crippen LogP contribution in [0.3, 0.4) is 0 Å². The standard InChI is InChI=1S/C18H25N5O4S2/c1-13-18(14(2)27-20-13)29(25,26)22-7-4-21(5-8-22)6-9-23-17(24)11-15-12-28-10-3-16(15)19-23/h11H,3-10,12H2,1-2H3. The number of sulfonamides is 1. The van der Waals surface area contributed by atoms with Crippen LogP contribution in [0.5, 0.6) is 0 Å². The van der Waals surface area contributed by atoms with Gasteiger partial charge in [-0.25, -0.2) is 13.1 Å². The number of aromatic nitrogens is 3. The molecule has 2 aliphatic heterocycles. The summed E-state index contributed by atoms with van der Waals surface area (Å²) in [5.41, 5.74) is 2.41. The van der Waals surface area contributed by atoms with Gasteiger partial charge in [-0.3, -0.25) is 9.69 Å². The predicted octanol–water partition coefficient (Wildman–Crippen LogP) is 0.644. The van der Waals surface area contributed by atoms with Gasteiger partial charge in [0.05, 0.1) is 12.2 Å². The predicted molar refractivity (Wildman–Crippen MR) is 110 cm³/mol. The van der Waals surface area contributed by atoms with Crippen molar-refractivity contribution in [3.63, 3.8) is 0 Å². The zero-order valence-electron chi connectivity index (χ0n) is 16.6. The zero-order chi connectivity index (χ0) is 20.6. The summed E-state index contributed by atoms with van der Waals surface area (Å²) in [7, 11) is -3.61. The lowest BCUT2D eigenvalue weighted by Gasteiger charge is -2.33. The zero-order valence-corrected chi connectivity index (χ0v) is 18.3. The van der Waals surface area contributed by atoms with Gasteiger partial charge in [-0.2, -0.15) is 21.2 Å². The molecule has 1 saturated heterocycles. The first-order valence-corrected chi connectivity index (χ1v) is 12.3. The van der Waals surface area contributed by atoms with E-state index < -0.39 is 10.0 Å². The highest BCUT2D eigenvalue weighted by Gasteiger charge is 2.33. The molecule has 0 radical (unpaired) electrons. The van der Waals surface area contributed by atoms with Gasteiger partial charge in [-0.1, -0.05) is 5.16 Å². The average molecular weight is 440 g/mol. The van der Waals surface area contributed by atoms with Gasteiger partial charge in [0.15, 0.2) is 5.76 Å². The van der Waals surface area contributed by atoms with Crippen LogP contribution in [-0.4, -0.2) is 71.0 Å². The van der Waals surface area contributed by atoms with Crippen LogP contribution in [-0.2, 0) is 28.7 Å². The van der Waals surface area contributed by atoms with Crippen LogP contribution in [0.15, 0.2) is 20.3 Å². The summed E-state index contributed by atoms with van der Waals surface area (Å²) in [6.45, 7) is 6.45. The number of aryl methyl sites for hydroxylation is 3. The van der Waals surface area contributed by atoms with Crippen molar-refractivity contribution >= 4 is 21.8 Å². The molecule has 0 bridgehead atoms. The lowest BCUT2D eigenvalue weighted by molar-refractivity contribution is 0.180. The molecule has 2 aromatic rings. The molecule has 158 valence electrons. The molecule has 0 aliphatic carbocycles. The van der Waals surface area contributed by atoms with Gasteiger partial charge in [0, 0.05) is 51.0 Å². The fourth-order valence-corrected chi connectivity index (χ4v) is 6.48. The fourth-order valence-electron chi connectivity index (χ4n) is 3.81. The quantitative estimate of drug-likeness (QED) is 0.669. The number of thioether (sulfide) groups is 1. The molecule has 0 amide bonds. The Kier molecular flexibility index (Phi) is 5.83. The van der Waals surface area contributed by atoms with E-state index in [1.807, 2.05) is 11.8 Å². The Balaban J connectivity index is 1.37. The summed E-state index contributed by atoms with van der Waals surface area (Å²) in [4.78, 5) is 14.7. The topological polar surface area (TPSA) is 102 Å². The second kappa shape index (κ2) is 8.21. The summed E-state index contributed by atoms with van der Waals surface area (Å²) in [6.07, 6.45) is 0.901. The highest BCUT2D eigenvalue weighted by atomic mass is 32.2. The van der Waals surface area contributed by atoms with Gasteiger partial charge >= 0.3 is 0 Å². The van der Waals surface area contributed by atoms with Crippen molar-refractivity contribution in [2.24, 2.45) is 0 Å². The van der Waals surface area contributed by atoms with Crippen LogP contribution in [0.1, 0.15) is 22.7 Å². The second-order valence-corrected chi connectivity index (χ2v) is 10.4. The van der Waals surface area contributed by atoms with E-state index in [4.69, 9.17) is 4.52 Å². The molecule has 2 aromatic heterocycles. The van der Waals surface area contributed by atoms with Gasteiger partial charge in [-0.05, 0) is 25.2 Å². The van der Waals surface area contributed by atoms with Crippen LogP contribution in [0, 0.1) is 13.8 Å². The number of hydrogen-bond acceptors (Lipinski definition) is 8. The lowest BCUT2D eigenvalue weighted by atomic mass is 10.2. The van der Waals surface area contributed by atoms with E-state index in [2.05, 4.69) is 15.2 Å². The maximum absolute atomic E-state index is 12.9. The highest BCUT2D eigenvalue weighted by molar-refractivity contribution is 7.98. The first-order chi connectivity index (χ1) is 13.9. The SMILES string of the molecule is Cc1noc(C)c1S(=O)(=O)N1CCN(CCn2nc3c(cc2=O)CSCC3)CC1. The van der Waals surface area contributed by atoms with Gasteiger partial charge in [0.1, 0.15) is 10.6 Å². The van der Waals surface area contributed by atoms with Crippen LogP contribution < -0.4 is 5.56 Å². The summed E-state index contributed by atoms with van der Waals surface area (Å²) in [6, 6.07) is 1.71. The number of piperazine rings is 1. The van der Waals surface area contributed by atoms with Crippen molar-refractivity contribution < 1.29 is 12.9 Å². The Labute approximate surface area is 174 Å². The molecule has 9 nitrogen and oxygen atoms in total. The lowest BCUT2D eigenvalue weighted by Crippen LogP contribution is -2.49. The van der Waals surface area contributed by atoms with E-state index in [1.165, 1.54) is 4.31 Å². The molecule has 4 rings (SSSR count). The smallest absolute Gasteiger partial charge is 0.267 e. The molecule has 0 spiro atoms. The van der Waals surface area contributed by atoms with E-state index in [0.717, 1.165) is 29.2 Å². The van der Waals surface area contributed by atoms with E-state index >= 15 is 0 Å². The van der Waals surface area contributed by atoms with Crippen molar-refractivity contribution in [3.8, 4) is 0 Å². The van der Waals surface area contributed by atoms with Gasteiger partial charge < -0.3 is 4.52 Å². The normalized spacial score (nSPS) is 18.7. The number of nitrogens with zero attached hydrogens (tertiary/aromatic N) is 5. The molecule has 4 heterocycles. The van der Waals surface area contributed by atoms with Crippen LogP contribution in [0.2, 0.25) is 0 Å². The van der Waals surface area contributed by atoms with Crippen molar-refractivity contribution in [3.05, 3.63) is 39.1 Å². The summed E-state index contributed by atoms with van der Waals surface area (Å²) < 4.78 is 33.9. The Morgan fingerprint density at radius 1 is 1.17 bits per heavy atom. The van der Waals surface area contributed by atoms with E-state index in [9.17, 15) is 13.2 Å². The number of fused-ring (bicyclic) bond motifs is 1. The molecule has 0 N–H and O–H groups in total. The Hall–Kier alpha value is -1.69. The average Bonchev–Trinajstić information content (AvgIpc) is 3.05. The van der Waals surface area contributed by atoms with Crippen molar-refractivity contribution in [1.82, 2.24) is 24.1 Å². The van der Waals surface area contributed by atoms with Gasteiger partial charge in [0.25, 0.3) is 5.56 Å². The molecular formula is C18H25N5O4S2. The van der Waals surface area contributed by atoms with Crippen LogP contribution in [0.4, 0.5) is 0 Å². The second-order valence-electron chi connectivity index (χ2n) is 7.38. The molecule has 2 aliphatic rings. The minimum atomic E-state index is -3.61. The van der Waals surface area contributed by atoms with E-state index in [1.54, 1.807) is 24.6 Å². The third-order valence-electron chi connectivity index (χ3n) is 5.43. The fraction of sp³-hybridized carbons (Fsp3) is 0.611. The molecule has 29 heavy (non-hydrogen) atoms. The molecule has 1 fully saturated rings.